The molecule has 1 fully saturated rings. The third-order valence-corrected chi connectivity index (χ3v) is 4.24. The molecule has 0 aromatic carbocycles. The third-order valence-electron chi connectivity index (χ3n) is 3.38. The monoisotopic (exact) mass is 311 g/mol. The van der Waals surface area contributed by atoms with E-state index < -0.39 is 0 Å². The van der Waals surface area contributed by atoms with E-state index in [2.05, 4.69) is 10.3 Å². The first-order valence-corrected chi connectivity index (χ1v) is 7.96. The van der Waals surface area contributed by atoms with Gasteiger partial charge in [-0.2, -0.15) is 0 Å². The molecule has 0 bridgehead atoms. The van der Waals surface area contributed by atoms with E-state index in [-0.39, 0.29) is 17.9 Å². The van der Waals surface area contributed by atoms with Crippen molar-refractivity contribution in [1.29, 1.82) is 0 Å². The van der Waals surface area contributed by atoms with Crippen molar-refractivity contribution in [2.75, 3.05) is 26.2 Å². The van der Waals surface area contributed by atoms with Gasteiger partial charge in [-0.25, -0.2) is 4.98 Å². The van der Waals surface area contributed by atoms with Gasteiger partial charge in [0.05, 0.1) is 18.4 Å². The summed E-state index contributed by atoms with van der Waals surface area (Å²) in [5.74, 6) is 0.167. The van der Waals surface area contributed by atoms with Crippen molar-refractivity contribution >= 4 is 23.2 Å². The number of nitrogens with zero attached hydrogens (tertiary/aromatic N) is 2. The summed E-state index contributed by atoms with van der Waals surface area (Å²) in [6.07, 6.45) is -0.156. The summed E-state index contributed by atoms with van der Waals surface area (Å²) in [6.45, 7) is 7.67. The van der Waals surface area contributed by atoms with Crippen LogP contribution in [0.2, 0.25) is 0 Å². The van der Waals surface area contributed by atoms with E-state index in [1.165, 1.54) is 11.3 Å². The molecule has 116 valence electrons. The Bertz CT molecular complexity index is 515. The Balaban J connectivity index is 1.84. The molecule has 1 saturated heterocycles. The second-order valence-electron chi connectivity index (χ2n) is 5.40. The van der Waals surface area contributed by atoms with E-state index in [4.69, 9.17) is 4.74 Å². The van der Waals surface area contributed by atoms with E-state index in [1.807, 2.05) is 19.2 Å². The second kappa shape index (κ2) is 7.00. The van der Waals surface area contributed by atoms with Gasteiger partial charge in [-0.1, -0.05) is 13.8 Å². The molecule has 1 unspecified atom stereocenters. The summed E-state index contributed by atoms with van der Waals surface area (Å²) in [5.41, 5.74) is 0.932. The van der Waals surface area contributed by atoms with E-state index in [0.29, 0.717) is 37.2 Å². The molecule has 2 amide bonds. The summed E-state index contributed by atoms with van der Waals surface area (Å²) in [7, 11) is 0. The van der Waals surface area contributed by atoms with Crippen LogP contribution in [0.3, 0.4) is 0 Å². The lowest BCUT2D eigenvalue weighted by atomic mass is 10.2. The highest BCUT2D eigenvalue weighted by molar-refractivity contribution is 7.11. The van der Waals surface area contributed by atoms with Crippen LogP contribution >= 0.6 is 11.3 Å². The Morgan fingerprint density at radius 2 is 2.33 bits per heavy atom. The van der Waals surface area contributed by atoms with Crippen molar-refractivity contribution in [3.05, 3.63) is 16.1 Å². The molecule has 1 aliphatic rings. The molecule has 0 spiro atoms. The summed E-state index contributed by atoms with van der Waals surface area (Å²) in [5, 5.41) is 5.21. The third kappa shape index (κ3) is 4.25. The molecule has 7 heteroatoms. The number of thiazole rings is 1. The van der Waals surface area contributed by atoms with E-state index in [9.17, 15) is 9.59 Å². The minimum absolute atomic E-state index is 0.0381. The number of carbonyl (C=O) groups is 2. The average molecular weight is 311 g/mol. The molecular weight excluding hydrogens is 290 g/mol. The number of nitrogens with one attached hydrogen (secondary N) is 1. The number of rotatable bonds is 4. The van der Waals surface area contributed by atoms with Crippen molar-refractivity contribution in [3.63, 3.8) is 0 Å². The van der Waals surface area contributed by atoms with Gasteiger partial charge < -0.3 is 15.0 Å². The lowest BCUT2D eigenvalue weighted by Crippen LogP contribution is -2.49. The van der Waals surface area contributed by atoms with E-state index in [0.717, 1.165) is 5.69 Å². The zero-order chi connectivity index (χ0) is 15.4. The summed E-state index contributed by atoms with van der Waals surface area (Å²) in [4.78, 5) is 29.4. The van der Waals surface area contributed by atoms with E-state index in [1.54, 1.807) is 11.8 Å². The van der Waals surface area contributed by atoms with Crippen LogP contribution in [0.1, 0.15) is 42.2 Å². The van der Waals surface area contributed by atoms with Gasteiger partial charge in [0.2, 0.25) is 5.91 Å². The molecule has 1 atom stereocenters. The van der Waals surface area contributed by atoms with Crippen LogP contribution in [-0.4, -0.2) is 54.0 Å². The van der Waals surface area contributed by atoms with Gasteiger partial charge in [0.15, 0.2) is 5.01 Å². The van der Waals surface area contributed by atoms with Crippen molar-refractivity contribution in [2.45, 2.75) is 32.8 Å². The molecule has 0 radical (unpaired) electrons. The topological polar surface area (TPSA) is 71.5 Å². The number of hydrogen-bond donors (Lipinski definition) is 1. The maximum Gasteiger partial charge on any atom is 0.280 e. The highest BCUT2D eigenvalue weighted by Gasteiger charge is 2.23. The molecule has 1 N–H and O–H groups in total. The Kier molecular flexibility index (Phi) is 5.30. The molecule has 21 heavy (non-hydrogen) atoms. The largest absolute Gasteiger partial charge is 0.373 e. The summed E-state index contributed by atoms with van der Waals surface area (Å²) >= 11 is 1.35. The SMILES string of the molecule is CC(=O)N1CCOC(CNC(=O)c2nc(C(C)C)cs2)C1. The van der Waals surface area contributed by atoms with Crippen LogP contribution in [0.25, 0.3) is 0 Å². The van der Waals surface area contributed by atoms with Gasteiger partial charge in [0.25, 0.3) is 5.91 Å². The lowest BCUT2D eigenvalue weighted by Gasteiger charge is -2.32. The number of aromatic nitrogens is 1. The molecular formula is C14H21N3O3S. The quantitative estimate of drug-likeness (QED) is 0.908. The molecule has 6 nitrogen and oxygen atoms in total. The van der Waals surface area contributed by atoms with Crippen molar-refractivity contribution < 1.29 is 14.3 Å². The van der Waals surface area contributed by atoms with Crippen LogP contribution in [-0.2, 0) is 9.53 Å². The minimum Gasteiger partial charge on any atom is -0.373 e. The van der Waals surface area contributed by atoms with E-state index >= 15 is 0 Å². The van der Waals surface area contributed by atoms with Crippen LogP contribution in [0, 0.1) is 0 Å². The Morgan fingerprint density at radius 1 is 1.57 bits per heavy atom. The number of ether oxygens (including phenoxy) is 1. The van der Waals surface area contributed by atoms with Gasteiger partial charge in [0.1, 0.15) is 0 Å². The van der Waals surface area contributed by atoms with Gasteiger partial charge in [-0.3, -0.25) is 9.59 Å². The molecule has 2 rings (SSSR count). The van der Waals surface area contributed by atoms with Crippen LogP contribution < -0.4 is 5.32 Å². The Hall–Kier alpha value is -1.47. The Labute approximate surface area is 128 Å². The molecule has 1 aromatic heterocycles. The van der Waals surface area contributed by atoms with Crippen molar-refractivity contribution in [2.24, 2.45) is 0 Å². The number of morpholine rings is 1. The zero-order valence-corrected chi connectivity index (χ0v) is 13.4. The van der Waals surface area contributed by atoms with Crippen molar-refractivity contribution in [1.82, 2.24) is 15.2 Å². The van der Waals surface area contributed by atoms with Gasteiger partial charge >= 0.3 is 0 Å². The van der Waals surface area contributed by atoms with Crippen LogP contribution in [0.4, 0.5) is 0 Å². The smallest absolute Gasteiger partial charge is 0.280 e. The minimum atomic E-state index is -0.185. The Morgan fingerprint density at radius 3 is 2.95 bits per heavy atom. The zero-order valence-electron chi connectivity index (χ0n) is 12.6. The maximum absolute atomic E-state index is 12.0. The number of hydrogen-bond acceptors (Lipinski definition) is 5. The second-order valence-corrected chi connectivity index (χ2v) is 6.26. The predicted molar refractivity (Wildman–Crippen MR) is 80.5 cm³/mol. The van der Waals surface area contributed by atoms with Crippen LogP contribution in [0.15, 0.2) is 5.38 Å². The fourth-order valence-corrected chi connectivity index (χ4v) is 2.96. The first kappa shape index (κ1) is 15.9. The maximum atomic E-state index is 12.0. The summed E-state index contributed by atoms with van der Waals surface area (Å²) in [6, 6.07) is 0. The van der Waals surface area contributed by atoms with Crippen molar-refractivity contribution in [3.8, 4) is 0 Å². The predicted octanol–water partition coefficient (Wildman–Crippen LogP) is 1.24. The highest BCUT2D eigenvalue weighted by atomic mass is 32.1. The fourth-order valence-electron chi connectivity index (χ4n) is 2.07. The number of amides is 2. The molecule has 0 aliphatic carbocycles. The fraction of sp³-hybridized carbons (Fsp3) is 0.643. The standard InChI is InChI=1S/C14H21N3O3S/c1-9(2)12-8-21-14(16-12)13(19)15-6-11-7-17(10(3)18)4-5-20-11/h8-9,11H,4-7H2,1-3H3,(H,15,19). The average Bonchev–Trinajstić information content (AvgIpc) is 2.95. The summed E-state index contributed by atoms with van der Waals surface area (Å²) < 4.78 is 5.56. The molecule has 1 aromatic rings. The van der Waals surface area contributed by atoms with Crippen LogP contribution in [0.5, 0.6) is 0 Å². The normalized spacial score (nSPS) is 18.9. The molecule has 0 saturated carbocycles. The van der Waals surface area contributed by atoms with Gasteiger partial charge in [-0.15, -0.1) is 11.3 Å². The first-order valence-electron chi connectivity index (χ1n) is 7.08. The van der Waals surface area contributed by atoms with Gasteiger partial charge in [0, 0.05) is 31.9 Å². The molecule has 1 aliphatic heterocycles. The lowest BCUT2D eigenvalue weighted by molar-refractivity contribution is -0.136. The first-order chi connectivity index (χ1) is 9.97. The van der Waals surface area contributed by atoms with Gasteiger partial charge in [-0.05, 0) is 5.92 Å². The number of carbonyl (C=O) groups excluding carboxylic acids is 2. The molecule has 2 heterocycles. The highest BCUT2D eigenvalue weighted by Crippen LogP contribution is 2.17.